The number of carbonyl (C=O) groups excluding carboxylic acids is 1. The van der Waals surface area contributed by atoms with Crippen LogP contribution in [-0.2, 0) is 21.1 Å². The Bertz CT molecular complexity index is 892. The molecule has 1 unspecified atom stereocenters. The number of amides is 1. The van der Waals surface area contributed by atoms with Crippen molar-refractivity contribution in [1.82, 2.24) is 9.78 Å². The molecule has 3 rings (SSSR count). The highest BCUT2D eigenvalue weighted by Gasteiger charge is 2.31. The van der Waals surface area contributed by atoms with Crippen LogP contribution in [0.1, 0.15) is 30.1 Å². The van der Waals surface area contributed by atoms with Crippen molar-refractivity contribution in [2.45, 2.75) is 32.2 Å². The lowest BCUT2D eigenvalue weighted by molar-refractivity contribution is -0.116. The summed E-state index contributed by atoms with van der Waals surface area (Å²) in [6, 6.07) is 8.96. The van der Waals surface area contributed by atoms with Crippen LogP contribution in [0.3, 0.4) is 0 Å². The average molecular weight is 382 g/mol. The fourth-order valence-electron chi connectivity index (χ4n) is 3.01. The van der Waals surface area contributed by atoms with Gasteiger partial charge in [-0.05, 0) is 37.5 Å². The number of nitrogens with zero attached hydrogens (tertiary/aromatic N) is 2. The second kappa shape index (κ2) is 7.17. The van der Waals surface area contributed by atoms with Gasteiger partial charge in [-0.25, -0.2) is 13.1 Å². The summed E-state index contributed by atoms with van der Waals surface area (Å²) >= 11 is 5.95. The Labute approximate surface area is 152 Å². The second-order valence-electron chi connectivity index (χ2n) is 6.35. The van der Waals surface area contributed by atoms with Crippen LogP contribution in [0.15, 0.2) is 30.3 Å². The third-order valence-electron chi connectivity index (χ3n) is 4.21. The van der Waals surface area contributed by atoms with E-state index in [-0.39, 0.29) is 23.5 Å². The van der Waals surface area contributed by atoms with E-state index in [0.717, 1.165) is 11.3 Å². The molecule has 1 aromatic heterocycles. The fraction of sp³-hybridized carbons (Fsp3) is 0.412. The molecule has 0 spiro atoms. The SMILES string of the molecule is Cc1cc(NC(=O)CCc2cccc(Cl)c2)n(C2CCS(=O)(=O)C2)n1. The van der Waals surface area contributed by atoms with Gasteiger partial charge in [-0.2, -0.15) is 5.10 Å². The normalized spacial score (nSPS) is 19.0. The lowest BCUT2D eigenvalue weighted by atomic mass is 10.1. The third-order valence-corrected chi connectivity index (χ3v) is 6.19. The minimum absolute atomic E-state index is 0.0690. The molecule has 25 heavy (non-hydrogen) atoms. The second-order valence-corrected chi connectivity index (χ2v) is 9.02. The average Bonchev–Trinajstić information content (AvgIpc) is 3.07. The van der Waals surface area contributed by atoms with Crippen LogP contribution in [-0.4, -0.2) is 35.6 Å². The van der Waals surface area contributed by atoms with E-state index in [9.17, 15) is 13.2 Å². The molecule has 2 aromatic rings. The van der Waals surface area contributed by atoms with Gasteiger partial charge in [0.05, 0.1) is 23.2 Å². The summed E-state index contributed by atoms with van der Waals surface area (Å²) < 4.78 is 25.0. The molecule has 1 aliphatic rings. The van der Waals surface area contributed by atoms with Crippen LogP contribution >= 0.6 is 11.6 Å². The van der Waals surface area contributed by atoms with Crippen molar-refractivity contribution in [1.29, 1.82) is 0 Å². The van der Waals surface area contributed by atoms with Crippen molar-refractivity contribution in [3.63, 3.8) is 0 Å². The van der Waals surface area contributed by atoms with Crippen molar-refractivity contribution >= 4 is 33.2 Å². The lowest BCUT2D eigenvalue weighted by Crippen LogP contribution is -2.19. The van der Waals surface area contributed by atoms with Crippen molar-refractivity contribution in [2.75, 3.05) is 16.8 Å². The van der Waals surface area contributed by atoms with E-state index in [1.165, 1.54) is 0 Å². The standard InChI is InChI=1S/C17H20ClN3O3S/c1-12-9-16(21(20-12)15-7-8-25(23,24)11-15)19-17(22)6-5-13-3-2-4-14(18)10-13/h2-4,9-10,15H,5-8,11H2,1H3,(H,19,22). The predicted molar refractivity (Wildman–Crippen MR) is 97.7 cm³/mol. The van der Waals surface area contributed by atoms with Gasteiger partial charge in [-0.15, -0.1) is 0 Å². The molecule has 0 bridgehead atoms. The van der Waals surface area contributed by atoms with Gasteiger partial charge in [0.15, 0.2) is 9.84 Å². The first-order valence-electron chi connectivity index (χ1n) is 8.13. The van der Waals surface area contributed by atoms with Gasteiger partial charge in [0, 0.05) is 17.5 Å². The maximum Gasteiger partial charge on any atom is 0.225 e. The molecule has 0 radical (unpaired) electrons. The zero-order chi connectivity index (χ0) is 18.0. The molecule has 0 aliphatic carbocycles. The highest BCUT2D eigenvalue weighted by Crippen LogP contribution is 2.27. The summed E-state index contributed by atoms with van der Waals surface area (Å²) in [4.78, 5) is 12.3. The number of benzene rings is 1. The van der Waals surface area contributed by atoms with E-state index in [2.05, 4.69) is 10.4 Å². The van der Waals surface area contributed by atoms with E-state index in [0.29, 0.717) is 30.1 Å². The van der Waals surface area contributed by atoms with Crippen LogP contribution in [0.2, 0.25) is 5.02 Å². The highest BCUT2D eigenvalue weighted by molar-refractivity contribution is 7.91. The number of hydrogen-bond donors (Lipinski definition) is 1. The number of nitrogens with one attached hydrogen (secondary N) is 1. The topological polar surface area (TPSA) is 81.1 Å². The Hall–Kier alpha value is -1.86. The third kappa shape index (κ3) is 4.61. The quantitative estimate of drug-likeness (QED) is 0.863. The predicted octanol–water partition coefficient (Wildman–Crippen LogP) is 2.78. The van der Waals surface area contributed by atoms with Crippen LogP contribution < -0.4 is 5.32 Å². The summed E-state index contributed by atoms with van der Waals surface area (Å²) in [5, 5.41) is 7.86. The minimum Gasteiger partial charge on any atom is -0.311 e. The van der Waals surface area contributed by atoms with Crippen molar-refractivity contribution < 1.29 is 13.2 Å². The van der Waals surface area contributed by atoms with Gasteiger partial charge < -0.3 is 5.32 Å². The first-order valence-corrected chi connectivity index (χ1v) is 10.3. The van der Waals surface area contributed by atoms with Crippen molar-refractivity contribution in [3.8, 4) is 0 Å². The van der Waals surface area contributed by atoms with Gasteiger partial charge in [0.1, 0.15) is 5.82 Å². The molecule has 8 heteroatoms. The summed E-state index contributed by atoms with van der Waals surface area (Å²) in [6.07, 6.45) is 1.42. The summed E-state index contributed by atoms with van der Waals surface area (Å²) in [7, 11) is -3.02. The molecule has 1 saturated heterocycles. The molecule has 1 fully saturated rings. The number of aromatic nitrogens is 2. The number of halogens is 1. The van der Waals surface area contributed by atoms with E-state index in [4.69, 9.17) is 11.6 Å². The Balaban J connectivity index is 1.65. The number of sulfone groups is 1. The van der Waals surface area contributed by atoms with E-state index >= 15 is 0 Å². The monoisotopic (exact) mass is 381 g/mol. The van der Waals surface area contributed by atoms with E-state index < -0.39 is 9.84 Å². The molecule has 2 heterocycles. The molecule has 1 amide bonds. The summed E-state index contributed by atoms with van der Waals surface area (Å²) in [5.74, 6) is 0.649. The molecular weight excluding hydrogens is 362 g/mol. The molecular formula is C17H20ClN3O3S. The van der Waals surface area contributed by atoms with Gasteiger partial charge in [-0.1, -0.05) is 23.7 Å². The molecule has 0 saturated carbocycles. The number of aryl methyl sites for hydroxylation is 2. The van der Waals surface area contributed by atoms with Gasteiger partial charge >= 0.3 is 0 Å². The maximum atomic E-state index is 12.3. The Kier molecular flexibility index (Phi) is 5.15. The molecule has 6 nitrogen and oxygen atoms in total. The fourth-order valence-corrected chi connectivity index (χ4v) is 4.92. The van der Waals surface area contributed by atoms with Crippen LogP contribution in [0.25, 0.3) is 0 Å². The Morgan fingerprint density at radius 3 is 2.88 bits per heavy atom. The maximum absolute atomic E-state index is 12.3. The van der Waals surface area contributed by atoms with Crippen LogP contribution in [0.5, 0.6) is 0 Å². The van der Waals surface area contributed by atoms with E-state index in [1.807, 2.05) is 25.1 Å². The first kappa shape index (κ1) is 17.9. The van der Waals surface area contributed by atoms with Crippen molar-refractivity contribution in [3.05, 3.63) is 46.6 Å². The Morgan fingerprint density at radius 1 is 1.40 bits per heavy atom. The molecule has 1 N–H and O–H groups in total. The van der Waals surface area contributed by atoms with Gasteiger partial charge in [0.2, 0.25) is 5.91 Å². The van der Waals surface area contributed by atoms with Gasteiger partial charge in [0.25, 0.3) is 0 Å². The van der Waals surface area contributed by atoms with Crippen molar-refractivity contribution in [2.24, 2.45) is 0 Å². The number of anilines is 1. The largest absolute Gasteiger partial charge is 0.311 e. The zero-order valence-electron chi connectivity index (χ0n) is 13.9. The molecule has 1 aromatic carbocycles. The molecule has 1 aliphatic heterocycles. The first-order chi connectivity index (χ1) is 11.8. The number of rotatable bonds is 5. The Morgan fingerprint density at radius 2 is 2.20 bits per heavy atom. The van der Waals surface area contributed by atoms with Gasteiger partial charge in [-0.3, -0.25) is 4.79 Å². The lowest BCUT2D eigenvalue weighted by Gasteiger charge is -2.13. The zero-order valence-corrected chi connectivity index (χ0v) is 15.5. The summed E-state index contributed by atoms with van der Waals surface area (Å²) in [6.45, 7) is 1.82. The van der Waals surface area contributed by atoms with E-state index in [1.54, 1.807) is 16.8 Å². The van der Waals surface area contributed by atoms with Crippen LogP contribution in [0.4, 0.5) is 5.82 Å². The van der Waals surface area contributed by atoms with Crippen LogP contribution in [0, 0.1) is 6.92 Å². The number of carbonyl (C=O) groups is 1. The molecule has 1 atom stereocenters. The molecule has 134 valence electrons. The summed E-state index contributed by atoms with van der Waals surface area (Å²) in [5.41, 5.74) is 1.74. The highest BCUT2D eigenvalue weighted by atomic mass is 35.5. The number of hydrogen-bond acceptors (Lipinski definition) is 4. The minimum atomic E-state index is -3.02. The smallest absolute Gasteiger partial charge is 0.225 e.